The Hall–Kier alpha value is -1.91. The Morgan fingerprint density at radius 3 is 2.77 bits per heavy atom. The molecule has 2 aliphatic rings. The molecule has 0 bridgehead atoms. The van der Waals surface area contributed by atoms with Gasteiger partial charge in [0.2, 0.25) is 0 Å². The van der Waals surface area contributed by atoms with E-state index in [1.54, 1.807) is 0 Å². The topological polar surface area (TPSA) is 41.6 Å². The molecular formula is C22H28N2O2. The van der Waals surface area contributed by atoms with Crippen molar-refractivity contribution >= 4 is 16.7 Å². The van der Waals surface area contributed by atoms with Crippen molar-refractivity contribution in [3.63, 3.8) is 0 Å². The van der Waals surface area contributed by atoms with Gasteiger partial charge in [-0.05, 0) is 55.0 Å². The maximum Gasteiger partial charge on any atom is 0.251 e. The summed E-state index contributed by atoms with van der Waals surface area (Å²) in [7, 11) is 0. The zero-order valence-corrected chi connectivity index (χ0v) is 15.3. The number of ether oxygens (including phenoxy) is 1. The van der Waals surface area contributed by atoms with E-state index in [2.05, 4.69) is 22.3 Å². The zero-order chi connectivity index (χ0) is 17.8. The second kappa shape index (κ2) is 8.19. The minimum atomic E-state index is 0.0463. The van der Waals surface area contributed by atoms with E-state index in [0.29, 0.717) is 12.0 Å². The lowest BCUT2D eigenvalue weighted by Crippen LogP contribution is -2.47. The fourth-order valence-corrected chi connectivity index (χ4v) is 4.40. The number of hydrogen-bond donors (Lipinski definition) is 1. The average molecular weight is 352 g/mol. The highest BCUT2D eigenvalue weighted by atomic mass is 16.5. The van der Waals surface area contributed by atoms with Crippen LogP contribution in [0.4, 0.5) is 0 Å². The van der Waals surface area contributed by atoms with Gasteiger partial charge in [0.1, 0.15) is 0 Å². The monoisotopic (exact) mass is 352 g/mol. The minimum absolute atomic E-state index is 0.0463. The van der Waals surface area contributed by atoms with Crippen LogP contribution in [0.3, 0.4) is 0 Å². The van der Waals surface area contributed by atoms with Crippen LogP contribution in [-0.2, 0) is 4.74 Å². The fourth-order valence-electron chi connectivity index (χ4n) is 4.40. The van der Waals surface area contributed by atoms with Gasteiger partial charge < -0.3 is 10.1 Å². The molecule has 26 heavy (non-hydrogen) atoms. The fraction of sp³-hybridized carbons (Fsp3) is 0.500. The summed E-state index contributed by atoms with van der Waals surface area (Å²) in [5, 5.41) is 5.34. The zero-order valence-electron chi connectivity index (χ0n) is 15.3. The number of likely N-dealkylation sites (tertiary alicyclic amines) is 1. The number of rotatable bonds is 4. The Balaban J connectivity index is 1.36. The molecule has 0 aromatic heterocycles. The van der Waals surface area contributed by atoms with E-state index in [9.17, 15) is 4.79 Å². The largest absolute Gasteiger partial charge is 0.381 e. The smallest absolute Gasteiger partial charge is 0.251 e. The first-order chi connectivity index (χ1) is 12.8. The molecule has 0 saturated carbocycles. The maximum atomic E-state index is 12.7. The van der Waals surface area contributed by atoms with Crippen LogP contribution in [-0.4, -0.2) is 49.7 Å². The molecule has 1 amide bonds. The van der Waals surface area contributed by atoms with E-state index >= 15 is 0 Å². The average Bonchev–Trinajstić information content (AvgIpc) is 2.72. The van der Waals surface area contributed by atoms with Gasteiger partial charge in [-0.3, -0.25) is 9.69 Å². The molecule has 138 valence electrons. The molecule has 1 atom stereocenters. The summed E-state index contributed by atoms with van der Waals surface area (Å²) in [6.07, 6.45) is 4.73. The summed E-state index contributed by atoms with van der Waals surface area (Å²) in [6.45, 7) is 4.84. The third kappa shape index (κ3) is 3.92. The standard InChI is InChI=1S/C22H28N2O2/c25-22(21-9-3-7-18-6-1-2-8-20(18)21)23-15-17-5-4-12-24(16-17)19-10-13-26-14-11-19/h1-3,6-9,17,19H,4-5,10-16H2,(H,23,25)/t17-/m1/s1. The van der Waals surface area contributed by atoms with Crippen molar-refractivity contribution < 1.29 is 9.53 Å². The number of amides is 1. The first kappa shape index (κ1) is 17.5. The molecular weight excluding hydrogens is 324 g/mol. The molecule has 4 nitrogen and oxygen atoms in total. The van der Waals surface area contributed by atoms with Gasteiger partial charge in [-0.1, -0.05) is 36.4 Å². The predicted octanol–water partition coefficient (Wildman–Crippen LogP) is 3.46. The molecule has 4 heteroatoms. The van der Waals surface area contributed by atoms with Crippen LogP contribution in [0.15, 0.2) is 42.5 Å². The number of carbonyl (C=O) groups is 1. The molecule has 4 rings (SSSR count). The van der Waals surface area contributed by atoms with Gasteiger partial charge >= 0.3 is 0 Å². The molecule has 2 fully saturated rings. The van der Waals surface area contributed by atoms with E-state index in [1.165, 1.54) is 19.4 Å². The molecule has 1 N–H and O–H groups in total. The normalized spacial score (nSPS) is 22.4. The molecule has 0 unspecified atom stereocenters. The summed E-state index contributed by atoms with van der Waals surface area (Å²) in [4.78, 5) is 15.4. The van der Waals surface area contributed by atoms with Gasteiger partial charge in [-0.2, -0.15) is 0 Å². The van der Waals surface area contributed by atoms with E-state index in [-0.39, 0.29) is 5.91 Å². The Morgan fingerprint density at radius 1 is 1.08 bits per heavy atom. The lowest BCUT2D eigenvalue weighted by molar-refractivity contribution is 0.0179. The van der Waals surface area contributed by atoms with Crippen molar-refractivity contribution in [1.29, 1.82) is 0 Å². The number of hydrogen-bond acceptors (Lipinski definition) is 3. The SMILES string of the molecule is O=C(NC[C@H]1CCCN(C2CCOCC2)C1)c1cccc2ccccc12. The first-order valence-electron chi connectivity index (χ1n) is 9.89. The molecule has 2 aliphatic heterocycles. The first-order valence-corrected chi connectivity index (χ1v) is 9.89. The van der Waals surface area contributed by atoms with Crippen LogP contribution < -0.4 is 5.32 Å². The lowest BCUT2D eigenvalue weighted by atomic mass is 9.94. The Bertz CT molecular complexity index is 749. The van der Waals surface area contributed by atoms with Crippen molar-refractivity contribution in [2.45, 2.75) is 31.7 Å². The van der Waals surface area contributed by atoms with Crippen molar-refractivity contribution in [3.05, 3.63) is 48.0 Å². The van der Waals surface area contributed by atoms with Crippen LogP contribution in [0.1, 0.15) is 36.0 Å². The van der Waals surface area contributed by atoms with Gasteiger partial charge in [0.25, 0.3) is 5.91 Å². The number of benzene rings is 2. The Kier molecular flexibility index (Phi) is 5.51. The summed E-state index contributed by atoms with van der Waals surface area (Å²) < 4.78 is 5.50. The van der Waals surface area contributed by atoms with Crippen molar-refractivity contribution in [3.8, 4) is 0 Å². The maximum absolute atomic E-state index is 12.7. The molecule has 0 spiro atoms. The summed E-state index contributed by atoms with van der Waals surface area (Å²) in [5.74, 6) is 0.593. The van der Waals surface area contributed by atoms with Gasteiger partial charge in [0.15, 0.2) is 0 Å². The number of fused-ring (bicyclic) bond motifs is 1. The minimum Gasteiger partial charge on any atom is -0.381 e. The van der Waals surface area contributed by atoms with E-state index in [1.807, 2.05) is 30.3 Å². The van der Waals surface area contributed by atoms with Crippen LogP contribution in [0.2, 0.25) is 0 Å². The number of nitrogens with zero attached hydrogens (tertiary/aromatic N) is 1. The van der Waals surface area contributed by atoms with Crippen LogP contribution in [0.25, 0.3) is 10.8 Å². The van der Waals surface area contributed by atoms with Crippen LogP contribution in [0, 0.1) is 5.92 Å². The number of carbonyl (C=O) groups excluding carboxylic acids is 1. The second-order valence-electron chi connectivity index (χ2n) is 7.58. The van der Waals surface area contributed by atoms with Crippen molar-refractivity contribution in [1.82, 2.24) is 10.2 Å². The molecule has 2 saturated heterocycles. The van der Waals surface area contributed by atoms with E-state index in [0.717, 1.165) is 55.5 Å². The molecule has 2 heterocycles. The third-order valence-corrected chi connectivity index (χ3v) is 5.84. The quantitative estimate of drug-likeness (QED) is 0.916. The Labute approximate surface area is 155 Å². The second-order valence-corrected chi connectivity index (χ2v) is 7.58. The van der Waals surface area contributed by atoms with Gasteiger partial charge in [0.05, 0.1) is 0 Å². The Morgan fingerprint density at radius 2 is 1.88 bits per heavy atom. The summed E-state index contributed by atoms with van der Waals surface area (Å²) in [6, 6.07) is 14.7. The molecule has 0 aliphatic carbocycles. The van der Waals surface area contributed by atoms with E-state index < -0.39 is 0 Å². The lowest BCUT2D eigenvalue weighted by Gasteiger charge is -2.40. The van der Waals surface area contributed by atoms with Crippen LogP contribution in [0.5, 0.6) is 0 Å². The van der Waals surface area contributed by atoms with Crippen molar-refractivity contribution in [2.75, 3.05) is 32.8 Å². The molecule has 0 radical (unpaired) electrons. The summed E-state index contributed by atoms with van der Waals surface area (Å²) >= 11 is 0. The summed E-state index contributed by atoms with van der Waals surface area (Å²) in [5.41, 5.74) is 0.778. The van der Waals surface area contributed by atoms with Crippen LogP contribution >= 0.6 is 0 Å². The van der Waals surface area contributed by atoms with Crippen molar-refractivity contribution in [2.24, 2.45) is 5.92 Å². The molecule has 2 aromatic rings. The van der Waals surface area contributed by atoms with Gasteiger partial charge in [-0.15, -0.1) is 0 Å². The highest BCUT2D eigenvalue weighted by molar-refractivity contribution is 6.06. The molecule has 2 aromatic carbocycles. The number of piperidine rings is 1. The number of nitrogens with one attached hydrogen (secondary N) is 1. The van der Waals surface area contributed by atoms with Gasteiger partial charge in [-0.25, -0.2) is 0 Å². The third-order valence-electron chi connectivity index (χ3n) is 5.84. The highest BCUT2D eigenvalue weighted by Gasteiger charge is 2.27. The van der Waals surface area contributed by atoms with E-state index in [4.69, 9.17) is 4.74 Å². The highest BCUT2D eigenvalue weighted by Crippen LogP contribution is 2.23. The van der Waals surface area contributed by atoms with Gasteiger partial charge in [0, 0.05) is 37.9 Å². The predicted molar refractivity (Wildman–Crippen MR) is 104 cm³/mol.